The van der Waals surface area contributed by atoms with Gasteiger partial charge >= 0.3 is 0 Å². The molecule has 102 valence electrons. The predicted octanol–water partition coefficient (Wildman–Crippen LogP) is 4.12. The van der Waals surface area contributed by atoms with Gasteiger partial charge in [0.1, 0.15) is 5.69 Å². The summed E-state index contributed by atoms with van der Waals surface area (Å²) in [5.74, 6) is 0.174. The summed E-state index contributed by atoms with van der Waals surface area (Å²) in [5.41, 5.74) is 1.66. The molecule has 0 atom stereocenters. The monoisotopic (exact) mass is 258 g/mol. The van der Waals surface area contributed by atoms with E-state index in [4.69, 9.17) is 0 Å². The van der Waals surface area contributed by atoms with Crippen molar-refractivity contribution >= 4 is 16.7 Å². The third kappa shape index (κ3) is 3.22. The van der Waals surface area contributed by atoms with Crippen molar-refractivity contribution in [1.82, 2.24) is 9.78 Å². The molecule has 0 fully saturated rings. The number of rotatable bonds is 7. The number of benzene rings is 1. The molecule has 0 bridgehead atoms. The summed E-state index contributed by atoms with van der Waals surface area (Å²) in [6, 6.07) is 7.91. The van der Waals surface area contributed by atoms with Crippen LogP contribution < -0.4 is 0 Å². The lowest BCUT2D eigenvalue weighted by Gasteiger charge is -1.99. The number of carbonyl (C=O) groups excluding carboxylic acids is 1. The topological polar surface area (TPSA) is 34.9 Å². The Morgan fingerprint density at radius 1 is 1.16 bits per heavy atom. The highest BCUT2D eigenvalue weighted by Crippen LogP contribution is 2.19. The number of hydrogen-bond donors (Lipinski definition) is 0. The maximum atomic E-state index is 12.2. The second kappa shape index (κ2) is 6.50. The molecule has 0 spiro atoms. The number of hydrogen-bond acceptors (Lipinski definition) is 2. The van der Waals surface area contributed by atoms with E-state index in [9.17, 15) is 4.79 Å². The van der Waals surface area contributed by atoms with E-state index in [0.717, 1.165) is 23.7 Å². The minimum absolute atomic E-state index is 0.174. The lowest BCUT2D eigenvalue weighted by Crippen LogP contribution is -2.01. The highest BCUT2D eigenvalue weighted by atomic mass is 16.1. The Morgan fingerprint density at radius 3 is 2.68 bits per heavy atom. The second-order valence-corrected chi connectivity index (χ2v) is 5.08. The van der Waals surface area contributed by atoms with Crippen molar-refractivity contribution in [1.29, 1.82) is 0 Å². The van der Waals surface area contributed by atoms with Crippen LogP contribution in [0, 0.1) is 0 Å². The summed E-state index contributed by atoms with van der Waals surface area (Å²) in [7, 11) is 1.89. The number of para-hydroxylation sites is 1. The number of carbonyl (C=O) groups is 1. The number of aryl methyl sites for hydroxylation is 1. The maximum Gasteiger partial charge on any atom is 0.183 e. The van der Waals surface area contributed by atoms with Gasteiger partial charge in [-0.1, -0.05) is 50.8 Å². The Hall–Kier alpha value is -1.64. The van der Waals surface area contributed by atoms with Gasteiger partial charge in [0.2, 0.25) is 0 Å². The Balaban J connectivity index is 2.01. The first-order valence-electron chi connectivity index (χ1n) is 7.19. The van der Waals surface area contributed by atoms with Crippen molar-refractivity contribution in [3.05, 3.63) is 30.0 Å². The van der Waals surface area contributed by atoms with E-state index in [2.05, 4.69) is 12.0 Å². The van der Waals surface area contributed by atoms with Crippen LogP contribution in [0.2, 0.25) is 0 Å². The number of nitrogens with zero attached hydrogens (tertiary/aromatic N) is 2. The Labute approximate surface area is 114 Å². The lowest BCUT2D eigenvalue weighted by atomic mass is 10.1. The number of aromatic nitrogens is 2. The molecular weight excluding hydrogens is 236 g/mol. The van der Waals surface area contributed by atoms with Crippen LogP contribution in [0.5, 0.6) is 0 Å². The van der Waals surface area contributed by atoms with Crippen LogP contribution in [-0.4, -0.2) is 15.6 Å². The molecule has 0 saturated carbocycles. The fourth-order valence-electron chi connectivity index (χ4n) is 2.43. The molecule has 3 heteroatoms. The van der Waals surface area contributed by atoms with Gasteiger partial charge in [-0.25, -0.2) is 0 Å². The van der Waals surface area contributed by atoms with Crippen molar-refractivity contribution in [3.63, 3.8) is 0 Å². The van der Waals surface area contributed by atoms with Crippen LogP contribution in [0.25, 0.3) is 10.9 Å². The average molecular weight is 258 g/mol. The summed E-state index contributed by atoms with van der Waals surface area (Å²) in [5, 5.41) is 5.35. The van der Waals surface area contributed by atoms with E-state index in [1.165, 1.54) is 19.3 Å². The molecule has 2 aromatic rings. The molecule has 0 aliphatic carbocycles. The lowest BCUT2D eigenvalue weighted by molar-refractivity contribution is 0.0975. The molecule has 0 aliphatic rings. The SMILES string of the molecule is CCCCCCCC(=O)c1nn(C)c2ccccc12. The molecule has 1 aromatic heterocycles. The van der Waals surface area contributed by atoms with Crippen LogP contribution >= 0.6 is 0 Å². The van der Waals surface area contributed by atoms with Gasteiger partial charge in [-0.05, 0) is 12.5 Å². The van der Waals surface area contributed by atoms with E-state index >= 15 is 0 Å². The van der Waals surface area contributed by atoms with Gasteiger partial charge in [0.25, 0.3) is 0 Å². The normalized spacial score (nSPS) is 11.1. The van der Waals surface area contributed by atoms with Crippen LogP contribution in [0.3, 0.4) is 0 Å². The standard InChI is InChI=1S/C16H22N2O/c1-3-4-5-6-7-12-15(19)16-13-10-8-9-11-14(13)18(2)17-16/h8-11H,3-7,12H2,1-2H3. The van der Waals surface area contributed by atoms with E-state index in [1.807, 2.05) is 31.3 Å². The summed E-state index contributed by atoms with van der Waals surface area (Å²) in [4.78, 5) is 12.2. The molecular formula is C16H22N2O. The van der Waals surface area contributed by atoms with Crippen molar-refractivity contribution in [2.75, 3.05) is 0 Å². The van der Waals surface area contributed by atoms with Crippen LogP contribution in [-0.2, 0) is 7.05 Å². The summed E-state index contributed by atoms with van der Waals surface area (Å²) in [6.45, 7) is 2.20. The Kier molecular flexibility index (Phi) is 4.72. The predicted molar refractivity (Wildman–Crippen MR) is 78.4 cm³/mol. The van der Waals surface area contributed by atoms with Crippen molar-refractivity contribution in [2.45, 2.75) is 45.4 Å². The maximum absolute atomic E-state index is 12.2. The van der Waals surface area contributed by atoms with Gasteiger partial charge in [-0.15, -0.1) is 0 Å². The molecule has 2 rings (SSSR count). The zero-order valence-corrected chi connectivity index (χ0v) is 11.9. The van der Waals surface area contributed by atoms with E-state index in [1.54, 1.807) is 4.68 Å². The molecule has 0 saturated heterocycles. The highest BCUT2D eigenvalue weighted by Gasteiger charge is 2.14. The first-order valence-corrected chi connectivity index (χ1v) is 7.19. The van der Waals surface area contributed by atoms with Crippen LogP contribution in [0.1, 0.15) is 55.9 Å². The zero-order valence-electron chi connectivity index (χ0n) is 11.9. The van der Waals surface area contributed by atoms with Gasteiger partial charge in [-0.2, -0.15) is 5.10 Å². The quantitative estimate of drug-likeness (QED) is 0.553. The molecule has 3 nitrogen and oxygen atoms in total. The van der Waals surface area contributed by atoms with Crippen LogP contribution in [0.4, 0.5) is 0 Å². The van der Waals surface area contributed by atoms with E-state index in [-0.39, 0.29) is 5.78 Å². The smallest absolute Gasteiger partial charge is 0.183 e. The van der Waals surface area contributed by atoms with E-state index in [0.29, 0.717) is 12.1 Å². The van der Waals surface area contributed by atoms with Crippen molar-refractivity contribution in [2.24, 2.45) is 7.05 Å². The fourth-order valence-corrected chi connectivity index (χ4v) is 2.43. The Morgan fingerprint density at radius 2 is 1.89 bits per heavy atom. The molecule has 1 aromatic carbocycles. The van der Waals surface area contributed by atoms with Gasteiger partial charge in [-0.3, -0.25) is 9.48 Å². The molecule has 19 heavy (non-hydrogen) atoms. The molecule has 1 heterocycles. The summed E-state index contributed by atoms with van der Waals surface area (Å²) in [6.07, 6.45) is 6.46. The average Bonchev–Trinajstić information content (AvgIpc) is 2.76. The molecule has 0 radical (unpaired) electrons. The van der Waals surface area contributed by atoms with Gasteiger partial charge in [0.15, 0.2) is 5.78 Å². The number of fused-ring (bicyclic) bond motifs is 1. The van der Waals surface area contributed by atoms with Gasteiger partial charge < -0.3 is 0 Å². The molecule has 0 amide bonds. The Bertz CT molecular complexity index is 557. The third-order valence-electron chi connectivity index (χ3n) is 3.53. The van der Waals surface area contributed by atoms with Gasteiger partial charge in [0.05, 0.1) is 5.52 Å². The molecule has 0 N–H and O–H groups in total. The number of ketones is 1. The summed E-state index contributed by atoms with van der Waals surface area (Å²) < 4.78 is 1.79. The highest BCUT2D eigenvalue weighted by molar-refractivity contribution is 6.05. The molecule has 0 unspecified atom stereocenters. The number of Topliss-reactive ketones (excluding diaryl/α,β-unsaturated/α-hetero) is 1. The van der Waals surface area contributed by atoms with Crippen molar-refractivity contribution in [3.8, 4) is 0 Å². The third-order valence-corrected chi connectivity index (χ3v) is 3.53. The van der Waals surface area contributed by atoms with Crippen LogP contribution in [0.15, 0.2) is 24.3 Å². The minimum atomic E-state index is 0.174. The van der Waals surface area contributed by atoms with E-state index < -0.39 is 0 Å². The minimum Gasteiger partial charge on any atom is -0.292 e. The summed E-state index contributed by atoms with van der Waals surface area (Å²) >= 11 is 0. The molecule has 0 aliphatic heterocycles. The van der Waals surface area contributed by atoms with Gasteiger partial charge in [0, 0.05) is 18.9 Å². The first-order chi connectivity index (χ1) is 9.24. The second-order valence-electron chi connectivity index (χ2n) is 5.08. The first kappa shape index (κ1) is 13.8. The van der Waals surface area contributed by atoms with Crippen molar-refractivity contribution < 1.29 is 4.79 Å². The zero-order chi connectivity index (χ0) is 13.7. The largest absolute Gasteiger partial charge is 0.292 e. The number of unbranched alkanes of at least 4 members (excludes halogenated alkanes) is 4. The fraction of sp³-hybridized carbons (Fsp3) is 0.500.